The third kappa shape index (κ3) is 4.59. The molecule has 1 N–H and O–H groups in total. The molecule has 0 bridgehead atoms. The largest absolute Gasteiger partial charge is 0.484 e. The molecule has 136 valence electrons. The van der Waals surface area contributed by atoms with Crippen LogP contribution in [0.25, 0.3) is 11.1 Å². The SMILES string of the molecule is CC(C)C[C@H](NC(=O)COc1cccc(F)c1)c1nc2ccccc2o1. The van der Waals surface area contributed by atoms with Gasteiger partial charge in [0.2, 0.25) is 5.89 Å². The smallest absolute Gasteiger partial charge is 0.258 e. The number of halogens is 1. The second-order valence-electron chi connectivity index (χ2n) is 6.52. The van der Waals surface area contributed by atoms with E-state index in [1.807, 2.05) is 24.3 Å². The maximum atomic E-state index is 13.2. The van der Waals surface area contributed by atoms with E-state index in [4.69, 9.17) is 9.15 Å². The van der Waals surface area contributed by atoms with Crippen molar-refractivity contribution in [2.24, 2.45) is 5.92 Å². The second-order valence-corrected chi connectivity index (χ2v) is 6.52. The Morgan fingerprint density at radius 1 is 1.23 bits per heavy atom. The lowest BCUT2D eigenvalue weighted by Crippen LogP contribution is -2.33. The summed E-state index contributed by atoms with van der Waals surface area (Å²) in [4.78, 5) is 16.8. The molecule has 0 aliphatic carbocycles. The number of oxazole rings is 1. The molecule has 0 fully saturated rings. The predicted molar refractivity (Wildman–Crippen MR) is 96.2 cm³/mol. The Morgan fingerprint density at radius 3 is 2.77 bits per heavy atom. The molecule has 0 unspecified atom stereocenters. The van der Waals surface area contributed by atoms with Gasteiger partial charge in [0, 0.05) is 6.07 Å². The molecule has 1 atom stereocenters. The summed E-state index contributed by atoms with van der Waals surface area (Å²) in [6.07, 6.45) is 0.679. The van der Waals surface area contributed by atoms with E-state index in [0.29, 0.717) is 29.6 Å². The third-order valence-corrected chi connectivity index (χ3v) is 3.82. The molecule has 0 aliphatic rings. The van der Waals surface area contributed by atoms with Crippen LogP contribution in [0, 0.1) is 11.7 Å². The molecule has 0 spiro atoms. The summed E-state index contributed by atoms with van der Waals surface area (Å²) in [6.45, 7) is 3.91. The highest BCUT2D eigenvalue weighted by Gasteiger charge is 2.22. The molecular formula is C20H21FN2O3. The molecule has 0 saturated carbocycles. The molecule has 2 aromatic carbocycles. The van der Waals surface area contributed by atoms with Gasteiger partial charge < -0.3 is 14.5 Å². The number of carbonyl (C=O) groups is 1. The Bertz CT molecular complexity index is 858. The molecule has 1 amide bonds. The number of hydrogen-bond donors (Lipinski definition) is 1. The van der Waals surface area contributed by atoms with Gasteiger partial charge in [-0.1, -0.05) is 32.0 Å². The van der Waals surface area contributed by atoms with Gasteiger partial charge in [-0.15, -0.1) is 0 Å². The summed E-state index contributed by atoms with van der Waals surface area (Å²) >= 11 is 0. The standard InChI is InChI=1S/C20H21FN2O3/c1-13(2)10-17(20-23-16-8-3-4-9-18(16)26-20)22-19(24)12-25-15-7-5-6-14(21)11-15/h3-9,11,13,17H,10,12H2,1-2H3,(H,22,24)/t17-/m0/s1. The number of nitrogens with one attached hydrogen (secondary N) is 1. The van der Waals surface area contributed by atoms with Crippen molar-refractivity contribution in [2.45, 2.75) is 26.3 Å². The number of carbonyl (C=O) groups excluding carboxylic acids is 1. The Kier molecular flexibility index (Phi) is 5.51. The number of aromatic nitrogens is 1. The van der Waals surface area contributed by atoms with Gasteiger partial charge >= 0.3 is 0 Å². The maximum Gasteiger partial charge on any atom is 0.258 e. The lowest BCUT2D eigenvalue weighted by molar-refractivity contribution is -0.124. The first kappa shape index (κ1) is 17.9. The number of amides is 1. The molecule has 6 heteroatoms. The molecular weight excluding hydrogens is 335 g/mol. The average Bonchev–Trinajstić information content (AvgIpc) is 3.03. The Morgan fingerprint density at radius 2 is 2.04 bits per heavy atom. The second kappa shape index (κ2) is 7.99. The lowest BCUT2D eigenvalue weighted by atomic mass is 10.0. The fourth-order valence-corrected chi connectivity index (χ4v) is 2.67. The summed E-state index contributed by atoms with van der Waals surface area (Å²) < 4.78 is 24.3. The summed E-state index contributed by atoms with van der Waals surface area (Å²) in [7, 11) is 0. The van der Waals surface area contributed by atoms with Gasteiger partial charge in [-0.2, -0.15) is 0 Å². The van der Waals surface area contributed by atoms with Crippen LogP contribution in [-0.4, -0.2) is 17.5 Å². The van der Waals surface area contributed by atoms with Gasteiger partial charge in [0.05, 0.1) is 0 Å². The number of ether oxygens (including phenoxy) is 1. The highest BCUT2D eigenvalue weighted by Crippen LogP contribution is 2.24. The van der Waals surface area contributed by atoms with Crippen molar-refractivity contribution in [3.05, 3.63) is 60.2 Å². The number of fused-ring (bicyclic) bond motifs is 1. The molecule has 1 heterocycles. The zero-order chi connectivity index (χ0) is 18.5. The van der Waals surface area contributed by atoms with E-state index in [9.17, 15) is 9.18 Å². The first-order chi connectivity index (χ1) is 12.5. The minimum atomic E-state index is -0.410. The Labute approximate surface area is 151 Å². The van der Waals surface area contributed by atoms with Crippen LogP contribution in [0.4, 0.5) is 4.39 Å². The summed E-state index contributed by atoms with van der Waals surface area (Å²) in [5.74, 6) is 0.384. The van der Waals surface area contributed by atoms with E-state index in [1.54, 1.807) is 6.07 Å². The zero-order valence-electron chi connectivity index (χ0n) is 14.7. The van der Waals surface area contributed by atoms with E-state index >= 15 is 0 Å². The minimum absolute atomic E-state index is 0.210. The van der Waals surface area contributed by atoms with Crippen molar-refractivity contribution in [1.82, 2.24) is 10.3 Å². The van der Waals surface area contributed by atoms with Crippen LogP contribution < -0.4 is 10.1 Å². The normalized spacial score (nSPS) is 12.3. The first-order valence-corrected chi connectivity index (χ1v) is 8.54. The van der Waals surface area contributed by atoms with Crippen molar-refractivity contribution in [2.75, 3.05) is 6.61 Å². The van der Waals surface area contributed by atoms with Gasteiger partial charge in [-0.3, -0.25) is 4.79 Å². The fourth-order valence-electron chi connectivity index (χ4n) is 2.67. The maximum absolute atomic E-state index is 13.2. The van der Waals surface area contributed by atoms with Crippen molar-refractivity contribution in [3.63, 3.8) is 0 Å². The third-order valence-electron chi connectivity index (χ3n) is 3.82. The van der Waals surface area contributed by atoms with Gasteiger partial charge in [0.1, 0.15) is 23.1 Å². The number of para-hydroxylation sites is 2. The van der Waals surface area contributed by atoms with Gasteiger partial charge in [-0.05, 0) is 36.6 Å². The zero-order valence-corrected chi connectivity index (χ0v) is 14.7. The van der Waals surface area contributed by atoms with Crippen molar-refractivity contribution in [3.8, 4) is 5.75 Å². The number of rotatable bonds is 7. The van der Waals surface area contributed by atoms with E-state index in [2.05, 4.69) is 24.1 Å². The Hall–Kier alpha value is -2.89. The fraction of sp³-hybridized carbons (Fsp3) is 0.300. The van der Waals surface area contributed by atoms with Crippen LogP contribution in [0.2, 0.25) is 0 Å². The molecule has 3 aromatic rings. The molecule has 0 aliphatic heterocycles. The van der Waals surface area contributed by atoms with Crippen LogP contribution >= 0.6 is 0 Å². The summed E-state index contributed by atoms with van der Waals surface area (Å²) in [6, 6.07) is 12.8. The van der Waals surface area contributed by atoms with Crippen LogP contribution in [0.3, 0.4) is 0 Å². The number of hydrogen-bond acceptors (Lipinski definition) is 4. The molecule has 0 saturated heterocycles. The summed E-state index contributed by atoms with van der Waals surface area (Å²) in [5, 5.41) is 2.90. The Balaban J connectivity index is 1.68. The van der Waals surface area contributed by atoms with E-state index in [1.165, 1.54) is 18.2 Å². The van der Waals surface area contributed by atoms with E-state index < -0.39 is 5.82 Å². The molecule has 0 radical (unpaired) electrons. The number of nitrogens with zero attached hydrogens (tertiary/aromatic N) is 1. The lowest BCUT2D eigenvalue weighted by Gasteiger charge is -2.17. The van der Waals surface area contributed by atoms with Crippen molar-refractivity contribution in [1.29, 1.82) is 0 Å². The predicted octanol–water partition coefficient (Wildman–Crippen LogP) is 4.25. The van der Waals surface area contributed by atoms with Crippen LogP contribution in [0.1, 0.15) is 32.2 Å². The average molecular weight is 356 g/mol. The van der Waals surface area contributed by atoms with Crippen molar-refractivity contribution >= 4 is 17.0 Å². The summed E-state index contributed by atoms with van der Waals surface area (Å²) in [5.41, 5.74) is 1.43. The monoisotopic (exact) mass is 356 g/mol. The van der Waals surface area contributed by atoms with Crippen LogP contribution in [0.15, 0.2) is 52.9 Å². The van der Waals surface area contributed by atoms with Crippen molar-refractivity contribution < 1.29 is 18.3 Å². The highest BCUT2D eigenvalue weighted by atomic mass is 19.1. The van der Waals surface area contributed by atoms with Crippen LogP contribution in [0.5, 0.6) is 5.75 Å². The molecule has 3 rings (SSSR count). The van der Waals surface area contributed by atoms with Crippen LogP contribution in [-0.2, 0) is 4.79 Å². The van der Waals surface area contributed by atoms with Gasteiger partial charge in [0.15, 0.2) is 12.2 Å². The topological polar surface area (TPSA) is 64.4 Å². The minimum Gasteiger partial charge on any atom is -0.484 e. The van der Waals surface area contributed by atoms with Gasteiger partial charge in [0.25, 0.3) is 5.91 Å². The van der Waals surface area contributed by atoms with E-state index in [-0.39, 0.29) is 18.6 Å². The highest BCUT2D eigenvalue weighted by molar-refractivity contribution is 5.78. The molecule has 5 nitrogen and oxygen atoms in total. The quantitative estimate of drug-likeness (QED) is 0.687. The first-order valence-electron chi connectivity index (χ1n) is 8.54. The molecule has 26 heavy (non-hydrogen) atoms. The number of benzene rings is 2. The van der Waals surface area contributed by atoms with Gasteiger partial charge in [-0.25, -0.2) is 9.37 Å². The van der Waals surface area contributed by atoms with E-state index in [0.717, 1.165) is 5.52 Å². The molecule has 1 aromatic heterocycles.